The zero-order valence-electron chi connectivity index (χ0n) is 45.0. The molecule has 6 nitrogen and oxygen atoms in total. The molecule has 0 aromatic heterocycles. The maximum absolute atomic E-state index is 12.9. The van der Waals surface area contributed by atoms with Gasteiger partial charge in [0.15, 0.2) is 6.10 Å². The van der Waals surface area contributed by atoms with Gasteiger partial charge in [-0.15, -0.1) is 0 Å². The number of rotatable bonds is 51. The normalized spacial score (nSPS) is 12.8. The number of ether oxygens (including phenoxy) is 3. The molecular weight excluding hydrogens is 853 g/mol. The summed E-state index contributed by atoms with van der Waals surface area (Å²) in [7, 11) is 0. The van der Waals surface area contributed by atoms with Gasteiger partial charge in [-0.2, -0.15) is 0 Å². The first-order valence-corrected chi connectivity index (χ1v) is 28.7. The molecule has 394 valence electrons. The van der Waals surface area contributed by atoms with Gasteiger partial charge in [0.25, 0.3) is 0 Å². The Morgan fingerprint density at radius 1 is 0.304 bits per heavy atom. The van der Waals surface area contributed by atoms with Gasteiger partial charge >= 0.3 is 17.9 Å². The van der Waals surface area contributed by atoms with Crippen molar-refractivity contribution in [3.05, 3.63) is 97.2 Å². The standard InChI is InChI=1S/C63H106O6/c1-4-7-10-13-16-19-22-25-28-30-31-33-35-38-41-44-47-50-53-56-62(65)68-59-60(58-67-61(64)55-52-49-46-43-40-37-34-27-24-21-18-15-12-9-6-3)69-63(66)57-54-51-48-45-42-39-36-32-29-26-23-20-17-14-11-8-5-2/h7,10,16-17,19-20,25-26,28-29,31,33,36,38-39,41,60H,4-6,8-9,11-15,18,21-24,27,30,32,34-35,37,40,42-59H2,1-3H3/b10-7+,19-16+,20-17+,28-25+,29-26+,33-31+,39-36+,41-38+/t60-/m1/s1. The van der Waals surface area contributed by atoms with Crippen LogP contribution in [0.4, 0.5) is 0 Å². The van der Waals surface area contributed by atoms with E-state index in [0.29, 0.717) is 19.3 Å². The Morgan fingerprint density at radius 3 is 0.928 bits per heavy atom. The molecule has 0 unspecified atom stereocenters. The molecule has 69 heavy (non-hydrogen) atoms. The summed E-state index contributed by atoms with van der Waals surface area (Å²) in [6.07, 6.45) is 75.3. The monoisotopic (exact) mass is 959 g/mol. The number of carbonyl (C=O) groups is 3. The van der Waals surface area contributed by atoms with Gasteiger partial charge in [-0.05, 0) is 103 Å². The lowest BCUT2D eigenvalue weighted by molar-refractivity contribution is -0.167. The molecule has 0 saturated heterocycles. The lowest BCUT2D eigenvalue weighted by atomic mass is 10.0. The van der Waals surface area contributed by atoms with E-state index in [2.05, 4.69) is 118 Å². The highest BCUT2D eigenvalue weighted by Gasteiger charge is 2.19. The summed E-state index contributed by atoms with van der Waals surface area (Å²) in [5.74, 6) is -0.947. The van der Waals surface area contributed by atoms with E-state index in [1.807, 2.05) is 0 Å². The van der Waals surface area contributed by atoms with E-state index in [1.54, 1.807) is 0 Å². The molecule has 0 rings (SSSR count). The number of carbonyl (C=O) groups excluding carboxylic acids is 3. The van der Waals surface area contributed by atoms with Crippen LogP contribution in [0.5, 0.6) is 0 Å². The molecule has 1 atom stereocenters. The highest BCUT2D eigenvalue weighted by atomic mass is 16.6. The SMILES string of the molecule is CC/C=C/C/C=C/C/C=C/C/C=C/C/C=C/CCCCCC(=O)OC[C@@H](COC(=O)CCCCCCCCCCCCCCCCC)OC(=O)CCCCCC/C=C/C/C=C/C/C=C/CCCCC. The first kappa shape index (κ1) is 65.3. The molecule has 0 aliphatic heterocycles. The van der Waals surface area contributed by atoms with Gasteiger partial charge in [-0.3, -0.25) is 14.4 Å². The van der Waals surface area contributed by atoms with E-state index in [9.17, 15) is 14.4 Å². The van der Waals surface area contributed by atoms with E-state index < -0.39 is 6.10 Å². The molecule has 0 saturated carbocycles. The van der Waals surface area contributed by atoms with E-state index in [-0.39, 0.29) is 31.1 Å². The van der Waals surface area contributed by atoms with Crippen molar-refractivity contribution in [2.24, 2.45) is 0 Å². The van der Waals surface area contributed by atoms with Gasteiger partial charge in [-0.1, -0.05) is 240 Å². The lowest BCUT2D eigenvalue weighted by Crippen LogP contribution is -2.30. The number of hydrogen-bond acceptors (Lipinski definition) is 6. The molecule has 0 aliphatic carbocycles. The fourth-order valence-corrected chi connectivity index (χ4v) is 7.77. The highest BCUT2D eigenvalue weighted by molar-refractivity contribution is 5.71. The Morgan fingerprint density at radius 2 is 0.565 bits per heavy atom. The van der Waals surface area contributed by atoms with Gasteiger partial charge in [0.05, 0.1) is 0 Å². The Balaban J connectivity index is 4.49. The zero-order valence-corrected chi connectivity index (χ0v) is 45.0. The lowest BCUT2D eigenvalue weighted by Gasteiger charge is -2.18. The minimum absolute atomic E-state index is 0.0961. The van der Waals surface area contributed by atoms with Crippen LogP contribution in [-0.4, -0.2) is 37.2 Å². The van der Waals surface area contributed by atoms with Crippen LogP contribution in [0, 0.1) is 0 Å². The molecule has 0 fully saturated rings. The highest BCUT2D eigenvalue weighted by Crippen LogP contribution is 2.15. The Kier molecular flexibility index (Phi) is 53.9. The number of unbranched alkanes of at least 4 members (excludes halogenated alkanes) is 24. The molecule has 0 radical (unpaired) electrons. The summed E-state index contributed by atoms with van der Waals surface area (Å²) in [6, 6.07) is 0. The number of esters is 3. The topological polar surface area (TPSA) is 78.9 Å². The van der Waals surface area contributed by atoms with Gasteiger partial charge < -0.3 is 14.2 Å². The summed E-state index contributed by atoms with van der Waals surface area (Å²) < 4.78 is 16.8. The van der Waals surface area contributed by atoms with E-state index >= 15 is 0 Å². The molecule has 0 aliphatic rings. The minimum Gasteiger partial charge on any atom is -0.462 e. The predicted molar refractivity (Wildman–Crippen MR) is 297 cm³/mol. The van der Waals surface area contributed by atoms with Crippen molar-refractivity contribution in [3.63, 3.8) is 0 Å². The number of allylic oxidation sites excluding steroid dienone is 16. The molecule has 0 heterocycles. The zero-order chi connectivity index (χ0) is 50.0. The first-order chi connectivity index (χ1) is 34.0. The maximum Gasteiger partial charge on any atom is 0.306 e. The van der Waals surface area contributed by atoms with Gasteiger partial charge in [0, 0.05) is 19.3 Å². The van der Waals surface area contributed by atoms with Crippen LogP contribution in [0.1, 0.15) is 265 Å². The van der Waals surface area contributed by atoms with Crippen molar-refractivity contribution in [2.45, 2.75) is 271 Å². The third kappa shape index (κ3) is 55.1. The van der Waals surface area contributed by atoms with Gasteiger partial charge in [0.2, 0.25) is 0 Å². The maximum atomic E-state index is 12.9. The third-order valence-electron chi connectivity index (χ3n) is 12.1. The second-order valence-electron chi connectivity index (χ2n) is 18.8. The summed E-state index contributed by atoms with van der Waals surface area (Å²) in [5, 5.41) is 0. The molecular formula is C63H106O6. The van der Waals surface area contributed by atoms with Crippen LogP contribution in [-0.2, 0) is 28.6 Å². The second kappa shape index (κ2) is 56.9. The smallest absolute Gasteiger partial charge is 0.306 e. The summed E-state index contributed by atoms with van der Waals surface area (Å²) in [5.41, 5.74) is 0. The molecule has 0 N–H and O–H groups in total. The van der Waals surface area contributed by atoms with Crippen LogP contribution in [0.25, 0.3) is 0 Å². The second-order valence-corrected chi connectivity index (χ2v) is 18.8. The van der Waals surface area contributed by atoms with Crippen molar-refractivity contribution < 1.29 is 28.6 Å². The third-order valence-corrected chi connectivity index (χ3v) is 12.1. The largest absolute Gasteiger partial charge is 0.462 e. The quantitative estimate of drug-likeness (QED) is 0.0262. The summed E-state index contributed by atoms with van der Waals surface area (Å²) >= 11 is 0. The van der Waals surface area contributed by atoms with E-state index in [1.165, 1.54) is 103 Å². The number of hydrogen-bond donors (Lipinski definition) is 0. The molecule has 0 aromatic rings. The first-order valence-electron chi connectivity index (χ1n) is 28.7. The average molecular weight is 960 g/mol. The fourth-order valence-electron chi connectivity index (χ4n) is 7.77. The molecule has 6 heteroatoms. The van der Waals surface area contributed by atoms with Crippen LogP contribution < -0.4 is 0 Å². The predicted octanol–water partition coefficient (Wildman–Crippen LogP) is 19.3. The Bertz CT molecular complexity index is 1380. The van der Waals surface area contributed by atoms with Crippen LogP contribution in [0.3, 0.4) is 0 Å². The van der Waals surface area contributed by atoms with Crippen molar-refractivity contribution in [1.29, 1.82) is 0 Å². The molecule has 0 aromatic carbocycles. The van der Waals surface area contributed by atoms with E-state index in [4.69, 9.17) is 14.2 Å². The van der Waals surface area contributed by atoms with E-state index in [0.717, 1.165) is 122 Å². The molecule has 0 spiro atoms. The molecule has 0 bridgehead atoms. The van der Waals surface area contributed by atoms with Gasteiger partial charge in [-0.25, -0.2) is 0 Å². The van der Waals surface area contributed by atoms with Crippen molar-refractivity contribution in [1.82, 2.24) is 0 Å². The minimum atomic E-state index is -0.803. The average Bonchev–Trinajstić information content (AvgIpc) is 3.35. The Hall–Kier alpha value is -3.67. The van der Waals surface area contributed by atoms with Crippen molar-refractivity contribution in [2.75, 3.05) is 13.2 Å². The summed E-state index contributed by atoms with van der Waals surface area (Å²) in [4.78, 5) is 38.2. The molecule has 0 amide bonds. The van der Waals surface area contributed by atoms with Crippen LogP contribution in [0.15, 0.2) is 97.2 Å². The fraction of sp³-hybridized carbons (Fsp3) is 0.698. The van der Waals surface area contributed by atoms with Crippen molar-refractivity contribution in [3.8, 4) is 0 Å². The Labute approximate surface area is 426 Å². The van der Waals surface area contributed by atoms with Crippen molar-refractivity contribution >= 4 is 17.9 Å². The van der Waals surface area contributed by atoms with Crippen LogP contribution >= 0.6 is 0 Å². The van der Waals surface area contributed by atoms with Gasteiger partial charge in [0.1, 0.15) is 13.2 Å². The van der Waals surface area contributed by atoms with Crippen LogP contribution in [0.2, 0.25) is 0 Å². The summed E-state index contributed by atoms with van der Waals surface area (Å²) in [6.45, 7) is 6.46.